The first kappa shape index (κ1) is 24.1. The van der Waals surface area contributed by atoms with Crippen molar-refractivity contribution in [1.82, 2.24) is 4.90 Å². The molecule has 3 N–H and O–H groups in total. The number of benzene rings is 2. The molecule has 4 amide bonds. The summed E-state index contributed by atoms with van der Waals surface area (Å²) in [6, 6.07) is 11.4. The van der Waals surface area contributed by atoms with Gasteiger partial charge in [-0.15, -0.1) is 0 Å². The molecule has 2 aromatic rings. The summed E-state index contributed by atoms with van der Waals surface area (Å²) in [6.45, 7) is 1.65. The number of nitrogens with one attached hydrogen (secondary N) is 1. The van der Waals surface area contributed by atoms with Crippen LogP contribution in [0, 0.1) is 0 Å². The molecule has 0 bridgehead atoms. The van der Waals surface area contributed by atoms with Crippen LogP contribution in [0.25, 0.3) is 6.08 Å². The third-order valence-electron chi connectivity index (χ3n) is 4.25. The smallest absolute Gasteiger partial charge is 0.294 e. The second-order valence-corrected chi connectivity index (χ2v) is 8.12. The van der Waals surface area contributed by atoms with Gasteiger partial charge in [0.15, 0.2) is 6.61 Å². The highest BCUT2D eigenvalue weighted by Gasteiger charge is 2.36. The van der Waals surface area contributed by atoms with Crippen molar-refractivity contribution in [2.24, 2.45) is 5.73 Å². The third-order valence-corrected chi connectivity index (χ3v) is 5.45. The Labute approximate surface area is 198 Å². The Hall–Kier alpha value is -3.50. The number of nitrogens with zero attached hydrogens (tertiary/aromatic N) is 1. The van der Waals surface area contributed by atoms with Crippen molar-refractivity contribution in [2.45, 2.75) is 6.92 Å². The Morgan fingerprint density at radius 1 is 1.15 bits per heavy atom. The molecule has 1 fully saturated rings. The summed E-state index contributed by atoms with van der Waals surface area (Å²) in [5.74, 6) is -0.820. The van der Waals surface area contributed by atoms with E-state index in [9.17, 15) is 19.2 Å². The van der Waals surface area contributed by atoms with Crippen molar-refractivity contribution in [3.63, 3.8) is 0 Å². The first-order chi connectivity index (χ1) is 15.8. The first-order valence-corrected chi connectivity index (χ1v) is 10.9. The number of carbonyl (C=O) groups excluding carboxylic acids is 4. The number of nitrogens with two attached hydrogens (primary N) is 1. The number of rotatable bonds is 9. The molecule has 0 aliphatic carbocycles. The molecule has 0 saturated carbocycles. The Morgan fingerprint density at radius 3 is 2.52 bits per heavy atom. The van der Waals surface area contributed by atoms with Crippen LogP contribution in [0.15, 0.2) is 47.4 Å². The Balaban J connectivity index is 1.63. The minimum Gasteiger partial charge on any atom is -0.494 e. The molecule has 0 spiro atoms. The number of halogens is 1. The van der Waals surface area contributed by atoms with Gasteiger partial charge in [0.1, 0.15) is 18.0 Å². The topological polar surface area (TPSA) is 128 Å². The monoisotopic (exact) mass is 489 g/mol. The summed E-state index contributed by atoms with van der Waals surface area (Å²) in [6.07, 6.45) is 1.49. The molecule has 1 aliphatic heterocycles. The third kappa shape index (κ3) is 6.50. The van der Waals surface area contributed by atoms with Crippen molar-refractivity contribution >= 4 is 58.1 Å². The van der Waals surface area contributed by atoms with Gasteiger partial charge in [0.25, 0.3) is 17.1 Å². The minimum atomic E-state index is -0.643. The lowest BCUT2D eigenvalue weighted by atomic mass is 10.2. The molecular weight excluding hydrogens is 470 g/mol. The highest BCUT2D eigenvalue weighted by Crippen LogP contribution is 2.33. The Bertz CT molecular complexity index is 1120. The van der Waals surface area contributed by atoms with E-state index in [0.717, 1.165) is 16.7 Å². The van der Waals surface area contributed by atoms with Gasteiger partial charge in [-0.05, 0) is 66.7 Å². The summed E-state index contributed by atoms with van der Waals surface area (Å²) >= 11 is 6.85. The summed E-state index contributed by atoms with van der Waals surface area (Å²) < 4.78 is 10.5. The summed E-state index contributed by atoms with van der Waals surface area (Å²) in [5, 5.41) is 2.30. The number of thioether (sulfide) groups is 1. The lowest BCUT2D eigenvalue weighted by molar-refractivity contribution is -0.127. The quantitative estimate of drug-likeness (QED) is 0.517. The summed E-state index contributed by atoms with van der Waals surface area (Å²) in [5.41, 5.74) is 6.09. The number of ether oxygens (including phenoxy) is 2. The average molecular weight is 490 g/mol. The van der Waals surface area contributed by atoms with Gasteiger partial charge < -0.3 is 20.5 Å². The number of amides is 4. The maximum Gasteiger partial charge on any atom is 0.294 e. The maximum absolute atomic E-state index is 12.7. The number of carbonyl (C=O) groups is 4. The summed E-state index contributed by atoms with van der Waals surface area (Å²) in [7, 11) is 0. The second kappa shape index (κ2) is 10.9. The van der Waals surface area contributed by atoms with Gasteiger partial charge >= 0.3 is 0 Å². The lowest BCUT2D eigenvalue weighted by Crippen LogP contribution is -2.36. The zero-order valence-electron chi connectivity index (χ0n) is 17.5. The highest BCUT2D eigenvalue weighted by atomic mass is 35.5. The van der Waals surface area contributed by atoms with Crippen LogP contribution in [0.5, 0.6) is 11.5 Å². The van der Waals surface area contributed by atoms with Crippen molar-refractivity contribution in [2.75, 3.05) is 25.1 Å². The van der Waals surface area contributed by atoms with E-state index in [1.807, 2.05) is 6.92 Å². The molecular formula is C22H20ClN3O6S. The van der Waals surface area contributed by atoms with E-state index < -0.39 is 29.5 Å². The van der Waals surface area contributed by atoms with E-state index in [1.165, 1.54) is 18.2 Å². The largest absolute Gasteiger partial charge is 0.494 e. The number of imide groups is 1. The van der Waals surface area contributed by atoms with E-state index >= 15 is 0 Å². The van der Waals surface area contributed by atoms with Gasteiger partial charge in [0.05, 0.1) is 16.5 Å². The van der Waals surface area contributed by atoms with Gasteiger partial charge in [-0.2, -0.15) is 0 Å². The zero-order chi connectivity index (χ0) is 24.0. The van der Waals surface area contributed by atoms with E-state index in [4.69, 9.17) is 26.8 Å². The van der Waals surface area contributed by atoms with Crippen LogP contribution in [0.2, 0.25) is 5.02 Å². The van der Waals surface area contributed by atoms with Crippen molar-refractivity contribution in [3.8, 4) is 11.5 Å². The molecule has 9 nitrogen and oxygen atoms in total. The fraction of sp³-hybridized carbons (Fsp3) is 0.182. The fourth-order valence-corrected chi connectivity index (χ4v) is 3.89. The van der Waals surface area contributed by atoms with Crippen molar-refractivity contribution in [1.29, 1.82) is 0 Å². The van der Waals surface area contributed by atoms with E-state index in [2.05, 4.69) is 5.32 Å². The molecule has 2 aromatic carbocycles. The molecule has 3 rings (SSSR count). The van der Waals surface area contributed by atoms with Crippen LogP contribution in [0.1, 0.15) is 12.5 Å². The number of hydrogen-bond donors (Lipinski definition) is 2. The zero-order valence-corrected chi connectivity index (χ0v) is 19.1. The molecule has 1 aliphatic rings. The van der Waals surface area contributed by atoms with E-state index in [1.54, 1.807) is 30.3 Å². The normalized spacial score (nSPS) is 14.5. The van der Waals surface area contributed by atoms with Crippen LogP contribution in [0.4, 0.5) is 10.5 Å². The van der Waals surface area contributed by atoms with Crippen LogP contribution in [0.3, 0.4) is 0 Å². The van der Waals surface area contributed by atoms with Gasteiger partial charge in [-0.25, -0.2) is 0 Å². The van der Waals surface area contributed by atoms with Gasteiger partial charge in [0.2, 0.25) is 5.91 Å². The number of primary amides is 1. The average Bonchev–Trinajstić information content (AvgIpc) is 3.02. The number of hydrogen-bond acceptors (Lipinski definition) is 7. The molecule has 0 aromatic heterocycles. The van der Waals surface area contributed by atoms with Gasteiger partial charge in [-0.3, -0.25) is 24.1 Å². The van der Waals surface area contributed by atoms with Crippen LogP contribution in [-0.2, 0) is 14.4 Å². The minimum absolute atomic E-state index is 0.149. The van der Waals surface area contributed by atoms with Gasteiger partial charge in [-0.1, -0.05) is 17.7 Å². The maximum atomic E-state index is 12.7. The van der Waals surface area contributed by atoms with Crippen molar-refractivity contribution in [3.05, 3.63) is 58.0 Å². The molecule has 0 radical (unpaired) electrons. The second-order valence-electron chi connectivity index (χ2n) is 6.72. The van der Waals surface area contributed by atoms with Crippen LogP contribution in [-0.4, -0.2) is 47.6 Å². The highest BCUT2D eigenvalue weighted by molar-refractivity contribution is 8.18. The molecule has 0 atom stereocenters. The summed E-state index contributed by atoms with van der Waals surface area (Å²) in [4.78, 5) is 49.2. The first-order valence-electron chi connectivity index (χ1n) is 9.75. The van der Waals surface area contributed by atoms with Crippen LogP contribution < -0.4 is 20.5 Å². The molecule has 1 heterocycles. The van der Waals surface area contributed by atoms with Crippen molar-refractivity contribution < 1.29 is 28.7 Å². The molecule has 172 valence electrons. The SMILES string of the molecule is CCOc1ccc(NC(=O)CN2C(=O)SC(=Cc3ccc(OCC(N)=O)c(Cl)c3)C2=O)cc1. The lowest BCUT2D eigenvalue weighted by Gasteiger charge is -2.12. The fourth-order valence-electron chi connectivity index (χ4n) is 2.81. The molecule has 33 heavy (non-hydrogen) atoms. The predicted molar refractivity (Wildman–Crippen MR) is 125 cm³/mol. The standard InChI is InChI=1S/C22H20ClN3O6S/c1-2-31-15-6-4-14(5-7-15)25-20(28)11-26-21(29)18(33-22(26)30)10-13-3-8-17(16(23)9-13)32-12-19(24)27/h3-10H,2,11-12H2,1H3,(H2,24,27)(H,25,28). The Morgan fingerprint density at radius 2 is 1.88 bits per heavy atom. The molecule has 0 unspecified atom stereocenters. The predicted octanol–water partition coefficient (Wildman–Crippen LogP) is 3.28. The Kier molecular flexibility index (Phi) is 7.96. The number of anilines is 1. The molecule has 11 heteroatoms. The van der Waals surface area contributed by atoms with Crippen LogP contribution >= 0.6 is 23.4 Å². The molecule has 1 saturated heterocycles. The van der Waals surface area contributed by atoms with E-state index in [0.29, 0.717) is 23.6 Å². The van der Waals surface area contributed by atoms with E-state index in [-0.39, 0.29) is 22.3 Å². The van der Waals surface area contributed by atoms with Gasteiger partial charge in [0, 0.05) is 5.69 Å².